The highest BCUT2D eigenvalue weighted by Crippen LogP contribution is 2.22. The minimum absolute atomic E-state index is 0.212. The molecule has 0 atom stereocenters. The topological polar surface area (TPSA) is 56.1 Å². The van der Waals surface area contributed by atoms with Crippen LogP contribution in [0.1, 0.15) is 16.2 Å². The van der Waals surface area contributed by atoms with E-state index in [9.17, 15) is 4.79 Å². The van der Waals surface area contributed by atoms with Gasteiger partial charge in [-0.25, -0.2) is 0 Å². The van der Waals surface area contributed by atoms with Crippen LogP contribution in [-0.4, -0.2) is 22.8 Å². The van der Waals surface area contributed by atoms with Crippen LogP contribution < -0.4 is 10.1 Å². The average molecular weight is 280 g/mol. The number of carbonyl (C=O) groups excluding carboxylic acids is 1. The van der Waals surface area contributed by atoms with Crippen LogP contribution in [0.15, 0.2) is 24.3 Å². The van der Waals surface area contributed by atoms with Gasteiger partial charge in [-0.2, -0.15) is 5.10 Å². The zero-order chi connectivity index (χ0) is 14.0. The largest absolute Gasteiger partial charge is 0.497 e. The molecule has 0 aliphatic heterocycles. The number of ether oxygens (including phenoxy) is 1. The molecule has 1 aromatic carbocycles. The molecule has 1 N–H and O–H groups in total. The van der Waals surface area contributed by atoms with Crippen LogP contribution in [0, 0.1) is 6.92 Å². The van der Waals surface area contributed by atoms with Gasteiger partial charge in [-0.05, 0) is 19.1 Å². The predicted molar refractivity (Wildman–Crippen MR) is 73.9 cm³/mol. The maximum Gasteiger partial charge on any atom is 0.277 e. The number of anilines is 1. The highest BCUT2D eigenvalue weighted by molar-refractivity contribution is 6.34. The van der Waals surface area contributed by atoms with Gasteiger partial charge in [0.05, 0.1) is 17.8 Å². The summed E-state index contributed by atoms with van der Waals surface area (Å²) in [6.45, 7) is 1.80. The molecule has 0 fully saturated rings. The lowest BCUT2D eigenvalue weighted by molar-refractivity contribution is 0.102. The lowest BCUT2D eigenvalue weighted by atomic mass is 10.3. The summed E-state index contributed by atoms with van der Waals surface area (Å²) in [5.74, 6) is 0.322. The number of halogens is 1. The molecule has 0 spiro atoms. The Morgan fingerprint density at radius 1 is 1.47 bits per heavy atom. The molecule has 19 heavy (non-hydrogen) atoms. The summed E-state index contributed by atoms with van der Waals surface area (Å²) in [5.41, 5.74) is 1.59. The van der Waals surface area contributed by atoms with Crippen LogP contribution in [0.4, 0.5) is 5.69 Å². The van der Waals surface area contributed by atoms with E-state index in [1.807, 2.05) is 0 Å². The van der Waals surface area contributed by atoms with Crippen molar-refractivity contribution in [3.8, 4) is 5.75 Å². The summed E-state index contributed by atoms with van der Waals surface area (Å²) in [7, 11) is 3.31. The van der Waals surface area contributed by atoms with E-state index in [4.69, 9.17) is 16.3 Å². The molecule has 1 aromatic heterocycles. The van der Waals surface area contributed by atoms with Crippen molar-refractivity contribution >= 4 is 23.2 Å². The number of hydrogen-bond donors (Lipinski definition) is 1. The van der Waals surface area contributed by atoms with Crippen molar-refractivity contribution < 1.29 is 9.53 Å². The summed E-state index contributed by atoms with van der Waals surface area (Å²) < 4.78 is 6.66. The Labute approximate surface area is 116 Å². The first-order chi connectivity index (χ1) is 9.02. The predicted octanol–water partition coefficient (Wildman–Crippen LogP) is 2.64. The number of amides is 1. The fourth-order valence-electron chi connectivity index (χ4n) is 1.62. The molecule has 0 radical (unpaired) electrons. The van der Waals surface area contributed by atoms with Crippen LogP contribution in [0.5, 0.6) is 5.75 Å². The first kappa shape index (κ1) is 13.4. The number of rotatable bonds is 3. The number of aryl methyl sites for hydroxylation is 1. The van der Waals surface area contributed by atoms with Gasteiger partial charge in [-0.1, -0.05) is 17.7 Å². The third kappa shape index (κ3) is 2.71. The Kier molecular flexibility index (Phi) is 3.76. The lowest BCUT2D eigenvalue weighted by Crippen LogP contribution is -2.13. The van der Waals surface area contributed by atoms with Crippen molar-refractivity contribution in [3.05, 3.63) is 40.7 Å². The lowest BCUT2D eigenvalue weighted by Gasteiger charge is -2.05. The van der Waals surface area contributed by atoms with E-state index in [1.54, 1.807) is 50.0 Å². The summed E-state index contributed by atoms with van der Waals surface area (Å²) >= 11 is 6.06. The molecule has 0 saturated carbocycles. The Balaban J connectivity index is 2.23. The molecule has 0 aliphatic carbocycles. The van der Waals surface area contributed by atoms with Crippen molar-refractivity contribution in [2.75, 3.05) is 12.4 Å². The third-order valence-corrected chi connectivity index (χ3v) is 3.26. The van der Waals surface area contributed by atoms with Gasteiger partial charge in [0.25, 0.3) is 5.91 Å². The quantitative estimate of drug-likeness (QED) is 0.940. The van der Waals surface area contributed by atoms with Crippen LogP contribution >= 0.6 is 11.6 Å². The first-order valence-electron chi connectivity index (χ1n) is 5.67. The number of benzene rings is 1. The second-order valence-corrected chi connectivity index (χ2v) is 4.44. The molecule has 2 aromatic rings. The number of hydrogen-bond acceptors (Lipinski definition) is 3. The minimum atomic E-state index is -0.345. The molecule has 5 nitrogen and oxygen atoms in total. The number of nitrogens with one attached hydrogen (secondary N) is 1. The Hall–Kier alpha value is -2.01. The summed E-state index contributed by atoms with van der Waals surface area (Å²) in [4.78, 5) is 12.1. The summed E-state index contributed by atoms with van der Waals surface area (Å²) in [6.07, 6.45) is 0. The molecule has 2 rings (SSSR count). The van der Waals surface area contributed by atoms with E-state index in [2.05, 4.69) is 10.4 Å². The van der Waals surface area contributed by atoms with Crippen LogP contribution in [-0.2, 0) is 7.05 Å². The van der Waals surface area contributed by atoms with Gasteiger partial charge >= 0.3 is 0 Å². The highest BCUT2D eigenvalue weighted by atomic mass is 35.5. The molecule has 6 heteroatoms. The van der Waals surface area contributed by atoms with Crippen molar-refractivity contribution in [2.24, 2.45) is 7.05 Å². The van der Waals surface area contributed by atoms with Crippen molar-refractivity contribution in [3.63, 3.8) is 0 Å². The van der Waals surface area contributed by atoms with E-state index in [1.165, 1.54) is 0 Å². The molecule has 0 bridgehead atoms. The Morgan fingerprint density at radius 2 is 2.21 bits per heavy atom. The van der Waals surface area contributed by atoms with Crippen molar-refractivity contribution in [1.29, 1.82) is 0 Å². The zero-order valence-corrected chi connectivity index (χ0v) is 11.7. The van der Waals surface area contributed by atoms with Crippen molar-refractivity contribution in [2.45, 2.75) is 6.92 Å². The molecule has 0 unspecified atom stereocenters. The van der Waals surface area contributed by atoms with Gasteiger partial charge < -0.3 is 10.1 Å². The fraction of sp³-hybridized carbons (Fsp3) is 0.231. The average Bonchev–Trinajstić information content (AvgIpc) is 2.67. The molecule has 1 heterocycles. The summed E-state index contributed by atoms with van der Waals surface area (Å²) in [5, 5.41) is 7.19. The van der Waals surface area contributed by atoms with Gasteiger partial charge in [-0.3, -0.25) is 9.48 Å². The van der Waals surface area contributed by atoms with Gasteiger partial charge in [0.2, 0.25) is 0 Å². The first-order valence-corrected chi connectivity index (χ1v) is 6.05. The van der Waals surface area contributed by atoms with E-state index in [-0.39, 0.29) is 11.6 Å². The van der Waals surface area contributed by atoms with E-state index < -0.39 is 0 Å². The second kappa shape index (κ2) is 5.32. The van der Waals surface area contributed by atoms with Crippen molar-refractivity contribution in [1.82, 2.24) is 9.78 Å². The number of nitrogens with zero attached hydrogens (tertiary/aromatic N) is 2. The molecular formula is C13H14ClN3O2. The van der Waals surface area contributed by atoms with E-state index in [0.717, 1.165) is 5.69 Å². The number of methoxy groups -OCH3 is 1. The van der Waals surface area contributed by atoms with Gasteiger partial charge in [-0.15, -0.1) is 0 Å². The molecule has 0 aliphatic rings. The maximum absolute atomic E-state index is 12.1. The van der Waals surface area contributed by atoms with Gasteiger partial charge in [0.1, 0.15) is 5.75 Å². The maximum atomic E-state index is 12.1. The Morgan fingerprint density at radius 3 is 2.79 bits per heavy atom. The monoisotopic (exact) mass is 279 g/mol. The third-order valence-electron chi connectivity index (χ3n) is 2.80. The number of carbonyl (C=O) groups is 1. The van der Waals surface area contributed by atoms with Gasteiger partial charge in [0, 0.05) is 18.8 Å². The second-order valence-electron chi connectivity index (χ2n) is 4.06. The SMILES string of the molecule is COc1cccc(NC(=O)c2nn(C)c(C)c2Cl)c1. The van der Waals surface area contributed by atoms with Crippen LogP contribution in [0.2, 0.25) is 5.02 Å². The molecule has 1 amide bonds. The van der Waals surface area contributed by atoms with E-state index >= 15 is 0 Å². The zero-order valence-electron chi connectivity index (χ0n) is 10.9. The fourth-order valence-corrected chi connectivity index (χ4v) is 1.86. The van der Waals surface area contributed by atoms with Gasteiger partial charge in [0.15, 0.2) is 5.69 Å². The normalized spacial score (nSPS) is 10.3. The van der Waals surface area contributed by atoms with Crippen LogP contribution in [0.3, 0.4) is 0 Å². The molecule has 100 valence electrons. The van der Waals surface area contributed by atoms with Crippen LogP contribution in [0.25, 0.3) is 0 Å². The molecular weight excluding hydrogens is 266 g/mol. The summed E-state index contributed by atoms with van der Waals surface area (Å²) in [6, 6.07) is 7.08. The standard InChI is InChI=1S/C13H14ClN3O2/c1-8-11(14)12(16-17(8)2)13(18)15-9-5-4-6-10(7-9)19-3/h4-7H,1-3H3,(H,15,18). The Bertz CT molecular complexity index is 622. The smallest absolute Gasteiger partial charge is 0.277 e. The highest BCUT2D eigenvalue weighted by Gasteiger charge is 2.18. The minimum Gasteiger partial charge on any atom is -0.497 e. The molecule has 0 saturated heterocycles. The number of aromatic nitrogens is 2. The van der Waals surface area contributed by atoms with E-state index in [0.29, 0.717) is 16.5 Å².